The lowest BCUT2D eigenvalue weighted by Crippen LogP contribution is -1.78. The Morgan fingerprint density at radius 2 is 1.71 bits per heavy atom. The third-order valence-corrected chi connectivity index (χ3v) is 2.83. The summed E-state index contributed by atoms with van der Waals surface area (Å²) in [4.78, 5) is 0. The monoisotopic (exact) mass is 124 g/mol. The van der Waals surface area contributed by atoms with E-state index in [1.54, 1.807) is 13.8 Å². The molecule has 0 aromatic carbocycles. The molecule has 0 aromatic rings. The molecule has 7 heavy (non-hydrogen) atoms. The van der Waals surface area contributed by atoms with Crippen molar-refractivity contribution in [2.24, 2.45) is 0 Å². The molecule has 3 heteroatoms. The third-order valence-electron chi connectivity index (χ3n) is 0.944. The van der Waals surface area contributed by atoms with Crippen LogP contribution in [0.15, 0.2) is 0 Å². The Labute approximate surface area is 43.4 Å². The Morgan fingerprint density at radius 3 is 1.71 bits per heavy atom. The lowest BCUT2D eigenvalue weighted by molar-refractivity contribution is 0.542. The first-order chi connectivity index (χ1) is 3.12. The fourth-order valence-electron chi connectivity index (χ4n) is 0.224. The summed E-state index contributed by atoms with van der Waals surface area (Å²) >= 11 is 0. The first kappa shape index (κ1) is 7.16. The molecule has 0 N–H and O–H groups in total. The van der Waals surface area contributed by atoms with Gasteiger partial charge >= 0.3 is 0 Å². The molecule has 0 amide bonds. The SMILES string of the molecule is CCP(=O)(F)CC. The van der Waals surface area contributed by atoms with Gasteiger partial charge in [-0.1, -0.05) is 13.8 Å². The van der Waals surface area contributed by atoms with Gasteiger partial charge in [0.25, 0.3) is 0 Å². The minimum absolute atomic E-state index is 0.184. The smallest absolute Gasteiger partial charge is 0.243 e. The third kappa shape index (κ3) is 2.81. The zero-order valence-electron chi connectivity index (χ0n) is 4.65. The minimum atomic E-state index is -3.15. The molecule has 0 aliphatic heterocycles. The van der Waals surface area contributed by atoms with Crippen LogP contribution in [-0.2, 0) is 4.57 Å². The van der Waals surface area contributed by atoms with Crippen LogP contribution in [0.1, 0.15) is 13.8 Å². The van der Waals surface area contributed by atoms with Gasteiger partial charge in [0.15, 0.2) is 0 Å². The number of rotatable bonds is 2. The van der Waals surface area contributed by atoms with Crippen LogP contribution >= 0.6 is 7.45 Å². The van der Waals surface area contributed by atoms with Crippen LogP contribution in [0, 0.1) is 0 Å². The van der Waals surface area contributed by atoms with Crippen molar-refractivity contribution in [3.05, 3.63) is 0 Å². The van der Waals surface area contributed by atoms with E-state index < -0.39 is 7.45 Å². The summed E-state index contributed by atoms with van der Waals surface area (Å²) < 4.78 is 22.4. The molecule has 0 atom stereocenters. The van der Waals surface area contributed by atoms with Crippen LogP contribution in [0.25, 0.3) is 0 Å². The molecule has 1 nitrogen and oxygen atoms in total. The molecule has 0 fully saturated rings. The maximum absolute atomic E-state index is 12.1. The van der Waals surface area contributed by atoms with E-state index in [0.717, 1.165) is 0 Å². The van der Waals surface area contributed by atoms with Crippen LogP contribution in [0.3, 0.4) is 0 Å². The van der Waals surface area contributed by atoms with Gasteiger partial charge in [-0.3, -0.25) is 4.57 Å². The standard InChI is InChI=1S/C4H10FOP/c1-3-7(5,6)4-2/h3-4H2,1-2H3. The highest BCUT2D eigenvalue weighted by molar-refractivity contribution is 7.58. The molecular formula is C4H10FOP. The van der Waals surface area contributed by atoms with Crippen LogP contribution in [0.5, 0.6) is 0 Å². The van der Waals surface area contributed by atoms with Gasteiger partial charge in [-0.15, -0.1) is 0 Å². The van der Waals surface area contributed by atoms with Crippen molar-refractivity contribution in [1.29, 1.82) is 0 Å². The molecular weight excluding hydrogens is 114 g/mol. The maximum atomic E-state index is 12.1. The van der Waals surface area contributed by atoms with Gasteiger partial charge in [-0.05, 0) is 0 Å². The van der Waals surface area contributed by atoms with E-state index in [0.29, 0.717) is 0 Å². The molecule has 0 aromatic heterocycles. The van der Waals surface area contributed by atoms with Gasteiger partial charge in [0, 0.05) is 12.3 Å². The van der Waals surface area contributed by atoms with E-state index in [1.807, 2.05) is 0 Å². The van der Waals surface area contributed by atoms with Crippen molar-refractivity contribution >= 4 is 7.45 Å². The minimum Gasteiger partial charge on any atom is -0.288 e. The molecule has 0 aliphatic rings. The van der Waals surface area contributed by atoms with Crippen molar-refractivity contribution in [2.75, 3.05) is 12.3 Å². The molecule has 0 radical (unpaired) electrons. The van der Waals surface area contributed by atoms with E-state index in [4.69, 9.17) is 0 Å². The molecule has 0 bridgehead atoms. The van der Waals surface area contributed by atoms with Gasteiger partial charge < -0.3 is 0 Å². The summed E-state index contributed by atoms with van der Waals surface area (Å²) in [6.45, 7) is 3.20. The van der Waals surface area contributed by atoms with Crippen molar-refractivity contribution < 1.29 is 8.76 Å². The molecule has 0 saturated carbocycles. The summed E-state index contributed by atoms with van der Waals surface area (Å²) in [5.41, 5.74) is 0. The largest absolute Gasteiger partial charge is 0.288 e. The Kier molecular flexibility index (Phi) is 2.52. The highest BCUT2D eigenvalue weighted by Gasteiger charge is 2.12. The fourth-order valence-corrected chi connectivity index (χ4v) is 0.671. The van der Waals surface area contributed by atoms with Crippen molar-refractivity contribution in [3.63, 3.8) is 0 Å². The summed E-state index contributed by atoms with van der Waals surface area (Å²) in [5.74, 6) is 0. The lowest BCUT2D eigenvalue weighted by Gasteiger charge is -1.97. The second-order valence-electron chi connectivity index (χ2n) is 1.42. The van der Waals surface area contributed by atoms with Gasteiger partial charge in [-0.2, -0.15) is 4.20 Å². The number of halogens is 1. The Hall–Kier alpha value is 0.160. The van der Waals surface area contributed by atoms with Gasteiger partial charge in [0.05, 0.1) is 0 Å². The normalized spacial score (nSPS) is 11.9. The average molecular weight is 124 g/mol. The first-order valence-electron chi connectivity index (χ1n) is 2.40. The predicted octanol–water partition coefficient (Wildman–Crippen LogP) is 2.27. The molecule has 44 valence electrons. The van der Waals surface area contributed by atoms with Crippen molar-refractivity contribution in [2.45, 2.75) is 13.8 Å². The maximum Gasteiger partial charge on any atom is 0.243 e. The summed E-state index contributed by atoms with van der Waals surface area (Å²) in [6.07, 6.45) is 0.368. The molecule has 0 spiro atoms. The summed E-state index contributed by atoms with van der Waals surface area (Å²) in [6, 6.07) is 0. The quantitative estimate of drug-likeness (QED) is 0.516. The van der Waals surface area contributed by atoms with E-state index in [2.05, 4.69) is 0 Å². The van der Waals surface area contributed by atoms with Crippen molar-refractivity contribution in [1.82, 2.24) is 0 Å². The van der Waals surface area contributed by atoms with E-state index in [-0.39, 0.29) is 12.3 Å². The van der Waals surface area contributed by atoms with Crippen LogP contribution in [-0.4, -0.2) is 12.3 Å². The van der Waals surface area contributed by atoms with E-state index in [1.165, 1.54) is 0 Å². The molecule has 0 rings (SSSR count). The number of hydrogen-bond donors (Lipinski definition) is 0. The molecule has 0 aliphatic carbocycles. The van der Waals surface area contributed by atoms with Crippen LogP contribution < -0.4 is 0 Å². The Balaban J connectivity index is 3.61. The summed E-state index contributed by atoms with van der Waals surface area (Å²) in [7, 11) is -3.15. The molecule has 0 heterocycles. The van der Waals surface area contributed by atoms with Gasteiger partial charge in [0.1, 0.15) is 0 Å². The second kappa shape index (κ2) is 2.46. The zero-order valence-corrected chi connectivity index (χ0v) is 5.54. The molecule has 0 saturated heterocycles. The van der Waals surface area contributed by atoms with E-state index in [9.17, 15) is 8.76 Å². The van der Waals surface area contributed by atoms with Gasteiger partial charge in [-0.25, -0.2) is 0 Å². The van der Waals surface area contributed by atoms with Crippen molar-refractivity contribution in [3.8, 4) is 0 Å². The molecule has 0 unspecified atom stereocenters. The Morgan fingerprint density at radius 1 is 1.43 bits per heavy atom. The Bertz CT molecular complexity index is 83.7. The zero-order chi connectivity index (χ0) is 5.91. The highest BCUT2D eigenvalue weighted by atomic mass is 31.2. The predicted molar refractivity (Wildman–Crippen MR) is 29.8 cm³/mol. The van der Waals surface area contributed by atoms with Crippen LogP contribution in [0.4, 0.5) is 4.20 Å². The van der Waals surface area contributed by atoms with Crippen LogP contribution in [0.2, 0.25) is 0 Å². The number of hydrogen-bond acceptors (Lipinski definition) is 1. The topological polar surface area (TPSA) is 17.1 Å². The lowest BCUT2D eigenvalue weighted by atomic mass is 11.0. The second-order valence-corrected chi connectivity index (χ2v) is 4.27. The highest BCUT2D eigenvalue weighted by Crippen LogP contribution is 2.45. The van der Waals surface area contributed by atoms with Gasteiger partial charge in [0.2, 0.25) is 7.45 Å². The summed E-state index contributed by atoms with van der Waals surface area (Å²) in [5, 5.41) is 0. The fraction of sp³-hybridized carbons (Fsp3) is 1.00. The van der Waals surface area contributed by atoms with E-state index >= 15 is 0 Å². The average Bonchev–Trinajstić information content (AvgIpc) is 1.68. The first-order valence-corrected chi connectivity index (χ1v) is 4.37.